The molecule has 12 heavy (non-hydrogen) atoms. The standard InChI is InChI=1S/C7H13N3O2/c1-7(2,3)11-4-5-9-6(8)10-12-5/h4H2,1-3H3,(H2,8,10). The quantitative estimate of drug-likeness (QED) is 0.717. The van der Waals surface area contributed by atoms with Crippen LogP contribution in [0.1, 0.15) is 26.7 Å². The van der Waals surface area contributed by atoms with Crippen LogP contribution >= 0.6 is 0 Å². The van der Waals surface area contributed by atoms with Gasteiger partial charge in [0.05, 0.1) is 5.60 Å². The lowest BCUT2D eigenvalue weighted by Gasteiger charge is -2.17. The van der Waals surface area contributed by atoms with E-state index in [-0.39, 0.29) is 11.5 Å². The van der Waals surface area contributed by atoms with Crippen LogP contribution in [-0.4, -0.2) is 15.7 Å². The predicted molar refractivity (Wildman–Crippen MR) is 43.3 cm³/mol. The maximum Gasteiger partial charge on any atom is 0.260 e. The molecule has 5 nitrogen and oxygen atoms in total. The first-order chi connectivity index (χ1) is 5.47. The molecule has 0 unspecified atom stereocenters. The van der Waals surface area contributed by atoms with E-state index in [1.54, 1.807) is 0 Å². The average molecular weight is 171 g/mol. The molecule has 68 valence electrons. The highest BCUT2D eigenvalue weighted by Gasteiger charge is 2.12. The number of nitrogens with zero attached hydrogens (tertiary/aromatic N) is 2. The molecule has 0 fully saturated rings. The molecular formula is C7H13N3O2. The summed E-state index contributed by atoms with van der Waals surface area (Å²) in [6.45, 7) is 6.15. The van der Waals surface area contributed by atoms with Gasteiger partial charge in [-0.15, -0.1) is 0 Å². The van der Waals surface area contributed by atoms with Crippen molar-refractivity contribution in [2.75, 3.05) is 5.73 Å². The molecule has 0 bridgehead atoms. The maximum absolute atomic E-state index is 5.38. The average Bonchev–Trinajstić information content (AvgIpc) is 2.30. The van der Waals surface area contributed by atoms with Gasteiger partial charge in [0, 0.05) is 0 Å². The fourth-order valence-corrected chi connectivity index (χ4v) is 0.605. The van der Waals surface area contributed by atoms with E-state index in [4.69, 9.17) is 15.0 Å². The summed E-state index contributed by atoms with van der Waals surface area (Å²) in [5.41, 5.74) is 5.04. The predicted octanol–water partition coefficient (Wildman–Crippen LogP) is 0.967. The second-order valence-electron chi connectivity index (χ2n) is 3.45. The van der Waals surface area contributed by atoms with Crippen molar-refractivity contribution in [2.45, 2.75) is 33.0 Å². The zero-order valence-corrected chi connectivity index (χ0v) is 7.50. The summed E-state index contributed by atoms with van der Waals surface area (Å²) >= 11 is 0. The van der Waals surface area contributed by atoms with Crippen LogP contribution in [0.3, 0.4) is 0 Å². The molecule has 0 saturated heterocycles. The Kier molecular flexibility index (Phi) is 2.32. The fourth-order valence-electron chi connectivity index (χ4n) is 0.605. The Hall–Kier alpha value is -1.10. The highest BCUT2D eigenvalue weighted by molar-refractivity contribution is 5.09. The molecule has 1 aromatic rings. The summed E-state index contributed by atoms with van der Waals surface area (Å²) in [6.07, 6.45) is 0. The molecular weight excluding hydrogens is 158 g/mol. The molecule has 1 rings (SSSR count). The van der Waals surface area contributed by atoms with Gasteiger partial charge >= 0.3 is 0 Å². The second-order valence-corrected chi connectivity index (χ2v) is 3.45. The van der Waals surface area contributed by atoms with Crippen molar-refractivity contribution < 1.29 is 9.26 Å². The topological polar surface area (TPSA) is 74.2 Å². The molecule has 0 saturated carbocycles. The Bertz CT molecular complexity index is 251. The molecule has 0 spiro atoms. The van der Waals surface area contributed by atoms with Gasteiger partial charge in [-0.2, -0.15) is 4.98 Å². The molecule has 0 aliphatic rings. The van der Waals surface area contributed by atoms with Gasteiger partial charge in [-0.3, -0.25) is 0 Å². The minimum absolute atomic E-state index is 0.141. The van der Waals surface area contributed by atoms with E-state index in [1.165, 1.54) is 0 Å². The minimum Gasteiger partial charge on any atom is -0.366 e. The van der Waals surface area contributed by atoms with Crippen molar-refractivity contribution in [3.63, 3.8) is 0 Å². The van der Waals surface area contributed by atoms with Gasteiger partial charge in [-0.25, -0.2) is 0 Å². The lowest BCUT2D eigenvalue weighted by Crippen LogP contribution is -2.18. The van der Waals surface area contributed by atoms with Gasteiger partial charge in [-0.05, 0) is 25.9 Å². The van der Waals surface area contributed by atoms with E-state index < -0.39 is 0 Å². The number of aromatic nitrogens is 2. The first-order valence-corrected chi connectivity index (χ1v) is 3.69. The van der Waals surface area contributed by atoms with E-state index in [0.29, 0.717) is 12.5 Å². The van der Waals surface area contributed by atoms with Crippen molar-refractivity contribution in [3.8, 4) is 0 Å². The Labute approximate surface area is 70.9 Å². The Morgan fingerprint density at radius 3 is 2.58 bits per heavy atom. The van der Waals surface area contributed by atoms with Crippen molar-refractivity contribution in [3.05, 3.63) is 5.89 Å². The molecule has 0 radical (unpaired) electrons. The van der Waals surface area contributed by atoms with Crippen LogP contribution < -0.4 is 5.73 Å². The van der Waals surface area contributed by atoms with Crippen LogP contribution in [-0.2, 0) is 11.3 Å². The van der Waals surface area contributed by atoms with Crippen molar-refractivity contribution >= 4 is 5.95 Å². The van der Waals surface area contributed by atoms with E-state index in [2.05, 4.69) is 10.1 Å². The van der Waals surface area contributed by atoms with Gasteiger partial charge in [0.25, 0.3) is 11.8 Å². The summed E-state index contributed by atoms with van der Waals surface area (Å²) < 4.78 is 10.1. The lowest BCUT2D eigenvalue weighted by molar-refractivity contribution is -0.0260. The van der Waals surface area contributed by atoms with Gasteiger partial charge in [-0.1, -0.05) is 0 Å². The number of hydrogen-bond acceptors (Lipinski definition) is 5. The summed E-state index contributed by atoms with van der Waals surface area (Å²) in [7, 11) is 0. The van der Waals surface area contributed by atoms with Crippen LogP contribution in [0.4, 0.5) is 5.95 Å². The highest BCUT2D eigenvalue weighted by Crippen LogP contribution is 2.10. The van der Waals surface area contributed by atoms with E-state index in [1.807, 2.05) is 20.8 Å². The highest BCUT2D eigenvalue weighted by atomic mass is 16.5. The molecule has 5 heteroatoms. The van der Waals surface area contributed by atoms with E-state index in [9.17, 15) is 0 Å². The molecule has 2 N–H and O–H groups in total. The zero-order valence-electron chi connectivity index (χ0n) is 7.50. The summed E-state index contributed by atoms with van der Waals surface area (Å²) in [6, 6.07) is 0. The zero-order chi connectivity index (χ0) is 9.19. The number of anilines is 1. The molecule has 0 aromatic carbocycles. The van der Waals surface area contributed by atoms with Crippen LogP contribution in [0.2, 0.25) is 0 Å². The second kappa shape index (κ2) is 3.10. The van der Waals surface area contributed by atoms with Crippen LogP contribution in [0.5, 0.6) is 0 Å². The SMILES string of the molecule is CC(C)(C)OCc1nc(N)no1. The van der Waals surface area contributed by atoms with Crippen molar-refractivity contribution in [2.24, 2.45) is 0 Å². The first-order valence-electron chi connectivity index (χ1n) is 3.69. The number of ether oxygens (including phenoxy) is 1. The minimum atomic E-state index is -0.205. The maximum atomic E-state index is 5.38. The fraction of sp³-hybridized carbons (Fsp3) is 0.714. The van der Waals surface area contributed by atoms with Gasteiger partial charge in [0.1, 0.15) is 6.61 Å². The Morgan fingerprint density at radius 2 is 2.17 bits per heavy atom. The smallest absolute Gasteiger partial charge is 0.260 e. The largest absolute Gasteiger partial charge is 0.366 e. The number of nitrogen functional groups attached to an aromatic ring is 1. The van der Waals surface area contributed by atoms with E-state index in [0.717, 1.165) is 0 Å². The normalized spacial score (nSPS) is 11.9. The number of hydrogen-bond donors (Lipinski definition) is 1. The van der Waals surface area contributed by atoms with Crippen molar-refractivity contribution in [1.82, 2.24) is 10.1 Å². The van der Waals surface area contributed by atoms with Gasteiger partial charge in [0.2, 0.25) is 0 Å². The summed E-state index contributed by atoms with van der Waals surface area (Å²) in [5.74, 6) is 0.546. The monoisotopic (exact) mass is 171 g/mol. The first kappa shape index (κ1) is 8.99. The molecule has 1 aromatic heterocycles. The molecule has 0 aliphatic carbocycles. The van der Waals surface area contributed by atoms with Crippen LogP contribution in [0.15, 0.2) is 4.52 Å². The van der Waals surface area contributed by atoms with Crippen LogP contribution in [0, 0.1) is 0 Å². The third-order valence-electron chi connectivity index (χ3n) is 1.11. The van der Waals surface area contributed by atoms with Crippen LogP contribution in [0.25, 0.3) is 0 Å². The Morgan fingerprint density at radius 1 is 1.50 bits per heavy atom. The number of rotatable bonds is 2. The molecule has 0 amide bonds. The Balaban J connectivity index is 2.44. The molecule has 1 heterocycles. The molecule has 0 aliphatic heterocycles. The third-order valence-corrected chi connectivity index (χ3v) is 1.11. The van der Waals surface area contributed by atoms with Gasteiger partial charge < -0.3 is 15.0 Å². The van der Waals surface area contributed by atoms with Gasteiger partial charge in [0.15, 0.2) is 0 Å². The third kappa shape index (κ3) is 2.87. The van der Waals surface area contributed by atoms with E-state index >= 15 is 0 Å². The molecule has 0 atom stereocenters. The number of nitrogens with two attached hydrogens (primary N) is 1. The summed E-state index contributed by atoms with van der Waals surface area (Å²) in [4.78, 5) is 3.79. The summed E-state index contributed by atoms with van der Waals surface area (Å²) in [5, 5.41) is 3.43. The van der Waals surface area contributed by atoms with Crippen molar-refractivity contribution in [1.29, 1.82) is 0 Å². The lowest BCUT2D eigenvalue weighted by atomic mass is 10.2.